The Hall–Kier alpha value is -1.93. The van der Waals surface area contributed by atoms with Crippen molar-refractivity contribution < 1.29 is 4.79 Å². The van der Waals surface area contributed by atoms with Gasteiger partial charge in [0.1, 0.15) is 5.78 Å². The number of hydrogen-bond acceptors (Lipinski definition) is 2. The molecule has 158 valence electrons. The van der Waals surface area contributed by atoms with Crippen molar-refractivity contribution in [3.8, 4) is 0 Å². The minimum Gasteiger partial charge on any atom is -0.309 e. The molecule has 0 heterocycles. The Morgan fingerprint density at radius 3 is 1.87 bits per heavy atom. The molecule has 0 N–H and O–H groups in total. The zero-order chi connectivity index (χ0) is 20.8. The normalized spacial score (nSPS) is 34.4. The van der Waals surface area contributed by atoms with Crippen LogP contribution in [0.25, 0.3) is 0 Å². The number of hydrogen-bond donors (Lipinski definition) is 0. The summed E-state index contributed by atoms with van der Waals surface area (Å²) in [5.41, 5.74) is 3.14. The first-order valence-electron chi connectivity index (χ1n) is 11.7. The molecule has 30 heavy (non-hydrogen) atoms. The van der Waals surface area contributed by atoms with Gasteiger partial charge in [0.05, 0.1) is 0 Å². The first kappa shape index (κ1) is 20.0. The van der Waals surface area contributed by atoms with Crippen LogP contribution < -0.4 is 0 Å². The van der Waals surface area contributed by atoms with Gasteiger partial charge in [-0.15, -0.1) is 0 Å². The lowest BCUT2D eigenvalue weighted by Crippen LogP contribution is -2.62. The standard InChI is InChI=1S/C28H35NO/c1-29(2)15-9-14-25(30)28-18-22-16-26(20-28,23-10-5-3-6-11-23)19-27(17-22,21-28)24-12-7-4-8-13-24/h3-8,10-13,22H,9,14-21H2,1-2H3. The number of Topliss-reactive ketones (excluding diaryl/α,β-unsaturated/α-hetero) is 1. The summed E-state index contributed by atoms with van der Waals surface area (Å²) in [7, 11) is 4.20. The van der Waals surface area contributed by atoms with Gasteiger partial charge in [-0.1, -0.05) is 60.7 Å². The molecule has 2 heteroatoms. The van der Waals surface area contributed by atoms with E-state index in [1.165, 1.54) is 30.4 Å². The number of carbonyl (C=O) groups excluding carboxylic acids is 1. The molecule has 0 amide bonds. The maximum Gasteiger partial charge on any atom is 0.139 e. The molecule has 2 nitrogen and oxygen atoms in total. The predicted octanol–water partition coefficient (Wildman–Crippen LogP) is 5.76. The van der Waals surface area contributed by atoms with E-state index in [0.717, 1.165) is 38.6 Å². The quantitative estimate of drug-likeness (QED) is 0.588. The summed E-state index contributed by atoms with van der Waals surface area (Å²) in [5, 5.41) is 0. The molecule has 0 aliphatic heterocycles. The van der Waals surface area contributed by atoms with E-state index < -0.39 is 0 Å². The summed E-state index contributed by atoms with van der Waals surface area (Å²) in [6.45, 7) is 0.999. The van der Waals surface area contributed by atoms with E-state index in [0.29, 0.717) is 11.7 Å². The van der Waals surface area contributed by atoms with Crippen molar-refractivity contribution in [3.63, 3.8) is 0 Å². The van der Waals surface area contributed by atoms with Crippen molar-refractivity contribution in [3.05, 3.63) is 71.8 Å². The van der Waals surface area contributed by atoms with Gasteiger partial charge < -0.3 is 4.90 Å². The number of carbonyl (C=O) groups is 1. The number of ketones is 1. The first-order chi connectivity index (χ1) is 14.5. The number of nitrogens with zero attached hydrogens (tertiary/aromatic N) is 1. The third-order valence-electron chi connectivity index (χ3n) is 8.44. The Balaban J connectivity index is 1.55. The van der Waals surface area contributed by atoms with Crippen molar-refractivity contribution in [1.82, 2.24) is 4.90 Å². The van der Waals surface area contributed by atoms with E-state index in [2.05, 4.69) is 79.7 Å². The Morgan fingerprint density at radius 2 is 1.37 bits per heavy atom. The smallest absolute Gasteiger partial charge is 0.139 e. The third kappa shape index (κ3) is 3.24. The fourth-order valence-electron chi connectivity index (χ4n) is 7.80. The molecule has 4 aliphatic rings. The van der Waals surface area contributed by atoms with E-state index in [9.17, 15) is 4.79 Å². The van der Waals surface area contributed by atoms with Crippen molar-refractivity contribution in [2.24, 2.45) is 11.3 Å². The van der Waals surface area contributed by atoms with Crippen LogP contribution in [-0.4, -0.2) is 31.3 Å². The van der Waals surface area contributed by atoms with E-state index in [1.807, 2.05) is 0 Å². The van der Waals surface area contributed by atoms with Crippen LogP contribution in [0.1, 0.15) is 62.5 Å². The van der Waals surface area contributed by atoms with Gasteiger partial charge >= 0.3 is 0 Å². The third-order valence-corrected chi connectivity index (χ3v) is 8.44. The van der Waals surface area contributed by atoms with Gasteiger partial charge in [-0.25, -0.2) is 0 Å². The average molecular weight is 402 g/mol. The second-order valence-corrected chi connectivity index (χ2v) is 10.9. The van der Waals surface area contributed by atoms with Crippen molar-refractivity contribution in [2.45, 2.75) is 62.2 Å². The molecule has 2 aromatic carbocycles. The van der Waals surface area contributed by atoms with Crippen LogP contribution in [0.2, 0.25) is 0 Å². The monoisotopic (exact) mass is 401 g/mol. The molecule has 2 unspecified atom stereocenters. The van der Waals surface area contributed by atoms with Gasteiger partial charge in [0.15, 0.2) is 0 Å². The van der Waals surface area contributed by atoms with Crippen LogP contribution in [0.15, 0.2) is 60.7 Å². The number of benzene rings is 2. The maximum absolute atomic E-state index is 13.8. The predicted molar refractivity (Wildman–Crippen MR) is 123 cm³/mol. The highest BCUT2D eigenvalue weighted by atomic mass is 16.1. The SMILES string of the molecule is CN(C)CCCC(=O)C12CC3CC(c4ccccc4)(C1)CC(c1ccccc1)(C3)C2. The zero-order valence-electron chi connectivity index (χ0n) is 18.6. The summed E-state index contributed by atoms with van der Waals surface area (Å²) in [4.78, 5) is 16.0. The maximum atomic E-state index is 13.8. The van der Waals surface area contributed by atoms with E-state index in [1.54, 1.807) is 0 Å². The van der Waals surface area contributed by atoms with E-state index in [4.69, 9.17) is 0 Å². The van der Waals surface area contributed by atoms with Crippen LogP contribution in [-0.2, 0) is 15.6 Å². The van der Waals surface area contributed by atoms with Crippen molar-refractivity contribution in [2.75, 3.05) is 20.6 Å². The molecule has 6 rings (SSSR count). The average Bonchev–Trinajstić information content (AvgIpc) is 2.74. The fraction of sp³-hybridized carbons (Fsp3) is 0.536. The highest BCUT2D eigenvalue weighted by molar-refractivity contribution is 5.86. The number of rotatable bonds is 7. The molecule has 4 aliphatic carbocycles. The summed E-state index contributed by atoms with van der Waals surface area (Å²) < 4.78 is 0. The molecule has 4 bridgehead atoms. The zero-order valence-corrected chi connectivity index (χ0v) is 18.6. The molecule has 0 aromatic heterocycles. The highest BCUT2D eigenvalue weighted by Crippen LogP contribution is 2.70. The lowest BCUT2D eigenvalue weighted by Gasteiger charge is -2.66. The van der Waals surface area contributed by atoms with Crippen LogP contribution in [0.4, 0.5) is 0 Å². The molecule has 0 spiro atoms. The van der Waals surface area contributed by atoms with Gasteiger partial charge in [0.2, 0.25) is 0 Å². The summed E-state index contributed by atoms with van der Waals surface area (Å²) in [6.07, 6.45) is 8.70. The van der Waals surface area contributed by atoms with Gasteiger partial charge in [0.25, 0.3) is 0 Å². The Labute approximate surface area is 181 Å². The fourth-order valence-corrected chi connectivity index (χ4v) is 7.80. The Kier molecular flexibility index (Phi) is 4.89. The molecule has 0 radical (unpaired) electrons. The summed E-state index contributed by atoms with van der Waals surface area (Å²) in [6, 6.07) is 22.3. The lowest BCUT2D eigenvalue weighted by atomic mass is 9.36. The van der Waals surface area contributed by atoms with Gasteiger partial charge in [0, 0.05) is 11.8 Å². The van der Waals surface area contributed by atoms with E-state index in [-0.39, 0.29) is 16.2 Å². The molecule has 4 saturated carbocycles. The van der Waals surface area contributed by atoms with Gasteiger partial charge in [-0.05, 0) is 93.5 Å². The first-order valence-corrected chi connectivity index (χ1v) is 11.7. The molecular formula is C28H35NO. The minimum atomic E-state index is -0.128. The highest BCUT2D eigenvalue weighted by Gasteiger charge is 2.65. The van der Waals surface area contributed by atoms with Crippen LogP contribution in [0.5, 0.6) is 0 Å². The second-order valence-electron chi connectivity index (χ2n) is 10.9. The van der Waals surface area contributed by atoms with E-state index >= 15 is 0 Å². The van der Waals surface area contributed by atoms with Crippen LogP contribution in [0.3, 0.4) is 0 Å². The largest absolute Gasteiger partial charge is 0.309 e. The van der Waals surface area contributed by atoms with Crippen molar-refractivity contribution in [1.29, 1.82) is 0 Å². The molecule has 0 saturated heterocycles. The molecular weight excluding hydrogens is 366 g/mol. The second kappa shape index (κ2) is 7.34. The minimum absolute atomic E-state index is 0.128. The summed E-state index contributed by atoms with van der Waals surface area (Å²) >= 11 is 0. The van der Waals surface area contributed by atoms with Crippen molar-refractivity contribution >= 4 is 5.78 Å². The Bertz CT molecular complexity index is 847. The summed E-state index contributed by atoms with van der Waals surface area (Å²) in [5.74, 6) is 1.22. The van der Waals surface area contributed by atoms with Crippen LogP contribution >= 0.6 is 0 Å². The van der Waals surface area contributed by atoms with Crippen LogP contribution in [0, 0.1) is 11.3 Å². The van der Waals surface area contributed by atoms with Gasteiger partial charge in [-0.2, -0.15) is 0 Å². The lowest BCUT2D eigenvalue weighted by molar-refractivity contribution is -0.150. The topological polar surface area (TPSA) is 20.3 Å². The van der Waals surface area contributed by atoms with Gasteiger partial charge in [-0.3, -0.25) is 4.79 Å². The molecule has 2 atom stereocenters. The Morgan fingerprint density at radius 1 is 0.833 bits per heavy atom. The molecule has 2 aromatic rings. The molecule has 4 fully saturated rings.